The number of nitrogens with one attached hydrogen (secondary N) is 3. The van der Waals surface area contributed by atoms with Crippen molar-refractivity contribution in [3.8, 4) is 0 Å². The standard InChI is InChI=1S/C12H13FN4O/c13-9-3-1-2-4-10(9)17-12(18)16-6-5-11-14-7-8-15-11/h1-4,7-8H,5-6H2,(H,14,15)(H2,16,17,18). The molecule has 2 aromatic rings. The molecule has 0 fully saturated rings. The lowest BCUT2D eigenvalue weighted by molar-refractivity contribution is 0.252. The van der Waals surface area contributed by atoms with Gasteiger partial charge in [-0.3, -0.25) is 0 Å². The van der Waals surface area contributed by atoms with E-state index in [1.54, 1.807) is 24.5 Å². The number of nitrogens with zero attached hydrogens (tertiary/aromatic N) is 1. The summed E-state index contributed by atoms with van der Waals surface area (Å²) < 4.78 is 13.2. The lowest BCUT2D eigenvalue weighted by Crippen LogP contribution is -2.30. The van der Waals surface area contributed by atoms with Crippen LogP contribution in [0, 0.1) is 5.82 Å². The minimum absolute atomic E-state index is 0.160. The Balaban J connectivity index is 1.77. The molecule has 3 N–H and O–H groups in total. The molecule has 1 aromatic carbocycles. The van der Waals surface area contributed by atoms with Crippen molar-refractivity contribution in [2.24, 2.45) is 0 Å². The number of H-pyrrole nitrogens is 1. The number of anilines is 1. The average Bonchev–Trinajstić information content (AvgIpc) is 2.85. The number of hydrogen-bond acceptors (Lipinski definition) is 2. The van der Waals surface area contributed by atoms with Crippen LogP contribution in [0.5, 0.6) is 0 Å². The Morgan fingerprint density at radius 3 is 2.94 bits per heavy atom. The van der Waals surface area contributed by atoms with E-state index in [1.165, 1.54) is 12.1 Å². The Labute approximate surface area is 103 Å². The molecule has 1 heterocycles. The molecule has 2 rings (SSSR count). The van der Waals surface area contributed by atoms with Crippen molar-refractivity contribution in [1.82, 2.24) is 15.3 Å². The summed E-state index contributed by atoms with van der Waals surface area (Å²) >= 11 is 0. The molecule has 0 aliphatic rings. The number of aromatic nitrogens is 2. The smallest absolute Gasteiger partial charge is 0.319 e. The Kier molecular flexibility index (Phi) is 3.90. The van der Waals surface area contributed by atoms with Crippen LogP contribution in [-0.4, -0.2) is 22.5 Å². The number of hydrogen-bond donors (Lipinski definition) is 3. The van der Waals surface area contributed by atoms with Gasteiger partial charge in [-0.05, 0) is 12.1 Å². The fourth-order valence-corrected chi connectivity index (χ4v) is 1.46. The number of benzene rings is 1. The number of carbonyl (C=O) groups excluding carboxylic acids is 1. The van der Waals surface area contributed by atoms with Gasteiger partial charge in [0.1, 0.15) is 11.6 Å². The van der Waals surface area contributed by atoms with Crippen LogP contribution in [-0.2, 0) is 6.42 Å². The predicted octanol–water partition coefficient (Wildman–Crippen LogP) is 1.91. The number of halogens is 1. The molecule has 2 amide bonds. The molecule has 0 radical (unpaired) electrons. The molecule has 6 heteroatoms. The largest absolute Gasteiger partial charge is 0.349 e. The maximum absolute atomic E-state index is 13.2. The maximum Gasteiger partial charge on any atom is 0.319 e. The molecule has 0 bridgehead atoms. The first-order valence-corrected chi connectivity index (χ1v) is 5.53. The van der Waals surface area contributed by atoms with Crippen LogP contribution in [0.3, 0.4) is 0 Å². The molecule has 0 spiro atoms. The highest BCUT2D eigenvalue weighted by molar-refractivity contribution is 5.89. The van der Waals surface area contributed by atoms with Gasteiger partial charge in [-0.1, -0.05) is 12.1 Å². The summed E-state index contributed by atoms with van der Waals surface area (Å²) in [6.07, 6.45) is 3.96. The number of carbonyl (C=O) groups is 1. The maximum atomic E-state index is 13.2. The van der Waals surface area contributed by atoms with Gasteiger partial charge in [-0.15, -0.1) is 0 Å². The van der Waals surface area contributed by atoms with Gasteiger partial charge in [0.15, 0.2) is 0 Å². The Bertz CT molecular complexity index is 513. The third kappa shape index (κ3) is 3.31. The van der Waals surface area contributed by atoms with E-state index in [4.69, 9.17) is 0 Å². The first-order chi connectivity index (χ1) is 8.75. The van der Waals surface area contributed by atoms with E-state index in [1.807, 2.05) is 0 Å². The molecule has 0 saturated carbocycles. The number of urea groups is 1. The van der Waals surface area contributed by atoms with Crippen LogP contribution in [0.2, 0.25) is 0 Å². The zero-order valence-electron chi connectivity index (χ0n) is 9.61. The molecule has 0 atom stereocenters. The molecule has 94 valence electrons. The van der Waals surface area contributed by atoms with Crippen molar-refractivity contribution in [3.05, 3.63) is 48.3 Å². The topological polar surface area (TPSA) is 69.8 Å². The van der Waals surface area contributed by atoms with Gasteiger partial charge in [0, 0.05) is 25.4 Å². The lowest BCUT2D eigenvalue weighted by Gasteiger charge is -2.07. The summed E-state index contributed by atoms with van der Waals surface area (Å²) in [5.74, 6) is 0.333. The Morgan fingerprint density at radius 2 is 2.22 bits per heavy atom. The third-order valence-electron chi connectivity index (χ3n) is 2.32. The zero-order valence-corrected chi connectivity index (χ0v) is 9.61. The molecule has 0 aliphatic carbocycles. The van der Waals surface area contributed by atoms with E-state index >= 15 is 0 Å². The molecular formula is C12H13FN4O. The minimum atomic E-state index is -0.460. The van der Waals surface area contributed by atoms with Gasteiger partial charge >= 0.3 is 6.03 Å². The van der Waals surface area contributed by atoms with Crippen molar-refractivity contribution in [2.45, 2.75) is 6.42 Å². The molecule has 0 unspecified atom stereocenters. The summed E-state index contributed by atoms with van der Waals surface area (Å²) in [5, 5.41) is 5.05. The quantitative estimate of drug-likeness (QED) is 0.773. The second kappa shape index (κ2) is 5.81. The van der Waals surface area contributed by atoms with E-state index in [0.29, 0.717) is 13.0 Å². The predicted molar refractivity (Wildman–Crippen MR) is 65.7 cm³/mol. The van der Waals surface area contributed by atoms with E-state index < -0.39 is 11.8 Å². The highest BCUT2D eigenvalue weighted by Gasteiger charge is 2.05. The Morgan fingerprint density at radius 1 is 1.39 bits per heavy atom. The monoisotopic (exact) mass is 248 g/mol. The average molecular weight is 248 g/mol. The van der Waals surface area contributed by atoms with Gasteiger partial charge in [-0.2, -0.15) is 0 Å². The number of aromatic amines is 1. The molecule has 1 aromatic heterocycles. The molecule has 0 saturated heterocycles. The summed E-state index contributed by atoms with van der Waals surface area (Å²) in [6, 6.07) is 5.57. The van der Waals surface area contributed by atoms with Gasteiger partial charge in [0.2, 0.25) is 0 Å². The van der Waals surface area contributed by atoms with Crippen LogP contribution in [0.1, 0.15) is 5.82 Å². The highest BCUT2D eigenvalue weighted by atomic mass is 19.1. The SMILES string of the molecule is O=C(NCCc1ncc[nH]1)Nc1ccccc1F. The molecule has 18 heavy (non-hydrogen) atoms. The van der Waals surface area contributed by atoms with Gasteiger partial charge in [0.05, 0.1) is 5.69 Å². The first-order valence-electron chi connectivity index (χ1n) is 5.53. The van der Waals surface area contributed by atoms with E-state index in [2.05, 4.69) is 20.6 Å². The van der Waals surface area contributed by atoms with E-state index in [9.17, 15) is 9.18 Å². The number of para-hydroxylation sites is 1. The van der Waals surface area contributed by atoms with Crippen LogP contribution < -0.4 is 10.6 Å². The van der Waals surface area contributed by atoms with Crippen molar-refractivity contribution >= 4 is 11.7 Å². The van der Waals surface area contributed by atoms with Gasteiger partial charge < -0.3 is 15.6 Å². The van der Waals surface area contributed by atoms with Crippen molar-refractivity contribution in [2.75, 3.05) is 11.9 Å². The number of rotatable bonds is 4. The normalized spacial score (nSPS) is 10.1. The fourth-order valence-electron chi connectivity index (χ4n) is 1.46. The second-order valence-corrected chi connectivity index (χ2v) is 3.65. The molecule has 0 aliphatic heterocycles. The summed E-state index contributed by atoms with van der Waals surface area (Å²) in [6.45, 7) is 0.424. The van der Waals surface area contributed by atoms with Crippen LogP contribution in [0.25, 0.3) is 0 Å². The van der Waals surface area contributed by atoms with Crippen molar-refractivity contribution in [1.29, 1.82) is 0 Å². The third-order valence-corrected chi connectivity index (χ3v) is 2.32. The second-order valence-electron chi connectivity index (χ2n) is 3.65. The Hall–Kier alpha value is -2.37. The first kappa shape index (κ1) is 12.1. The molecule has 5 nitrogen and oxygen atoms in total. The summed E-state index contributed by atoms with van der Waals surface area (Å²) in [7, 11) is 0. The van der Waals surface area contributed by atoms with Crippen molar-refractivity contribution < 1.29 is 9.18 Å². The van der Waals surface area contributed by atoms with Gasteiger partial charge in [-0.25, -0.2) is 14.2 Å². The van der Waals surface area contributed by atoms with E-state index in [-0.39, 0.29) is 5.69 Å². The van der Waals surface area contributed by atoms with E-state index in [0.717, 1.165) is 5.82 Å². The van der Waals surface area contributed by atoms with Crippen LogP contribution >= 0.6 is 0 Å². The summed E-state index contributed by atoms with van der Waals surface area (Å²) in [5.41, 5.74) is 0.160. The highest BCUT2D eigenvalue weighted by Crippen LogP contribution is 2.11. The summed E-state index contributed by atoms with van der Waals surface area (Å²) in [4.78, 5) is 18.4. The number of imidazole rings is 1. The van der Waals surface area contributed by atoms with Crippen LogP contribution in [0.4, 0.5) is 14.9 Å². The fraction of sp³-hybridized carbons (Fsp3) is 0.167. The van der Waals surface area contributed by atoms with Crippen LogP contribution in [0.15, 0.2) is 36.7 Å². The molecular weight excluding hydrogens is 235 g/mol. The zero-order chi connectivity index (χ0) is 12.8. The number of amides is 2. The van der Waals surface area contributed by atoms with Gasteiger partial charge in [0.25, 0.3) is 0 Å². The minimum Gasteiger partial charge on any atom is -0.349 e. The van der Waals surface area contributed by atoms with Crippen molar-refractivity contribution in [3.63, 3.8) is 0 Å². The lowest BCUT2D eigenvalue weighted by atomic mass is 10.3.